The first-order valence-electron chi connectivity index (χ1n) is 9.19. The Labute approximate surface area is 176 Å². The lowest BCUT2D eigenvalue weighted by molar-refractivity contribution is 0.424. The second kappa shape index (κ2) is 7.68. The molecule has 0 bridgehead atoms. The van der Waals surface area contributed by atoms with Crippen LogP contribution in [0, 0.1) is 18.3 Å². The van der Waals surface area contributed by atoms with Crippen LogP contribution in [0.4, 0.5) is 11.6 Å². The number of nitriles is 1. The molecule has 0 aliphatic rings. The molecule has 0 radical (unpaired) electrons. The van der Waals surface area contributed by atoms with Crippen molar-refractivity contribution in [3.05, 3.63) is 53.7 Å². The molecular weight excluding hydrogens is 400 g/mol. The summed E-state index contributed by atoms with van der Waals surface area (Å²) in [4.78, 5) is 12.4. The molecule has 3 heterocycles. The highest BCUT2D eigenvalue weighted by Gasteiger charge is 2.19. The van der Waals surface area contributed by atoms with Gasteiger partial charge in [-0.25, -0.2) is 14.5 Å². The van der Waals surface area contributed by atoms with Crippen molar-refractivity contribution in [1.82, 2.24) is 24.6 Å². The molecule has 0 amide bonds. The second-order valence-electron chi connectivity index (χ2n) is 6.81. The summed E-state index contributed by atoms with van der Waals surface area (Å²) in [5.41, 5.74) is 7.38. The number of nitrogens with one attached hydrogen (secondary N) is 1. The predicted octanol–water partition coefficient (Wildman–Crippen LogP) is 2.66. The van der Waals surface area contributed by atoms with E-state index in [1.807, 2.05) is 19.1 Å². The van der Waals surface area contributed by atoms with E-state index in [-0.39, 0.29) is 40.3 Å². The Balaban J connectivity index is 1.74. The lowest BCUT2D eigenvalue weighted by Gasteiger charge is -2.16. The molecule has 5 N–H and O–H groups in total. The zero-order valence-electron chi connectivity index (χ0n) is 16.6. The normalized spacial score (nSPS) is 11.8. The second-order valence-corrected chi connectivity index (χ2v) is 6.81. The van der Waals surface area contributed by atoms with E-state index in [0.29, 0.717) is 11.3 Å². The van der Waals surface area contributed by atoms with E-state index in [9.17, 15) is 15.5 Å². The van der Waals surface area contributed by atoms with Gasteiger partial charge in [0.1, 0.15) is 52.4 Å². The van der Waals surface area contributed by atoms with Gasteiger partial charge in [0, 0.05) is 24.4 Å². The first-order chi connectivity index (χ1) is 14.9. The van der Waals surface area contributed by atoms with Crippen LogP contribution in [0.25, 0.3) is 5.52 Å². The van der Waals surface area contributed by atoms with Gasteiger partial charge in [-0.15, -0.1) is 0 Å². The summed E-state index contributed by atoms with van der Waals surface area (Å²) in [5.74, 6) is 0.825. The molecule has 0 aliphatic carbocycles. The zero-order chi connectivity index (χ0) is 22.1. The number of nitrogen functional groups attached to an aromatic ring is 1. The van der Waals surface area contributed by atoms with Crippen molar-refractivity contribution in [3.63, 3.8) is 0 Å². The van der Waals surface area contributed by atoms with Gasteiger partial charge < -0.3 is 26.0 Å². The van der Waals surface area contributed by atoms with Crippen molar-refractivity contribution in [1.29, 1.82) is 5.26 Å². The van der Waals surface area contributed by atoms with E-state index in [4.69, 9.17) is 10.5 Å². The van der Waals surface area contributed by atoms with Gasteiger partial charge in [0.2, 0.25) is 5.88 Å². The van der Waals surface area contributed by atoms with E-state index < -0.39 is 6.04 Å². The number of nitrogens with two attached hydrogens (primary N) is 1. The van der Waals surface area contributed by atoms with Crippen molar-refractivity contribution < 1.29 is 14.9 Å². The molecule has 156 valence electrons. The highest BCUT2D eigenvalue weighted by molar-refractivity contribution is 5.64. The van der Waals surface area contributed by atoms with Crippen LogP contribution in [0.5, 0.6) is 23.1 Å². The number of nitrogens with zero attached hydrogens (tertiary/aromatic N) is 6. The molecule has 4 aromatic rings. The largest absolute Gasteiger partial charge is 0.508 e. The number of phenols is 2. The minimum Gasteiger partial charge on any atom is -0.508 e. The quantitative estimate of drug-likeness (QED) is 0.378. The van der Waals surface area contributed by atoms with Gasteiger partial charge in [-0.05, 0) is 25.5 Å². The number of rotatable bonds is 5. The van der Waals surface area contributed by atoms with Crippen LogP contribution in [0.2, 0.25) is 0 Å². The number of benzene rings is 1. The molecule has 1 aromatic carbocycles. The molecular formula is C20H18N8O3. The molecule has 0 aliphatic heterocycles. The molecule has 11 nitrogen and oxygen atoms in total. The fourth-order valence-corrected chi connectivity index (χ4v) is 3.04. The monoisotopic (exact) mass is 418 g/mol. The molecule has 0 saturated heterocycles. The number of fused-ring (bicyclic) bond motifs is 1. The summed E-state index contributed by atoms with van der Waals surface area (Å²) >= 11 is 0. The van der Waals surface area contributed by atoms with Gasteiger partial charge in [-0.2, -0.15) is 15.3 Å². The Morgan fingerprint density at radius 1 is 1.23 bits per heavy atom. The molecule has 31 heavy (non-hydrogen) atoms. The Hall–Kier alpha value is -4.59. The topological polar surface area (TPSA) is 167 Å². The highest BCUT2D eigenvalue weighted by atomic mass is 16.5. The van der Waals surface area contributed by atoms with Crippen molar-refractivity contribution in [3.8, 4) is 29.2 Å². The van der Waals surface area contributed by atoms with E-state index in [1.54, 1.807) is 17.6 Å². The summed E-state index contributed by atoms with van der Waals surface area (Å²) in [6.07, 6.45) is 3.02. The Bertz CT molecular complexity index is 1310. The van der Waals surface area contributed by atoms with Crippen molar-refractivity contribution in [2.75, 3.05) is 11.1 Å². The fraction of sp³-hybridized carbons (Fsp3) is 0.150. The number of phenolic OH excluding ortho intramolecular Hbond substituents is 2. The van der Waals surface area contributed by atoms with Crippen molar-refractivity contribution >= 4 is 17.2 Å². The smallest absolute Gasteiger partial charge is 0.247 e. The molecule has 1 unspecified atom stereocenters. The number of aromatic hydroxyl groups is 2. The number of anilines is 2. The first-order valence-corrected chi connectivity index (χ1v) is 9.19. The van der Waals surface area contributed by atoms with Crippen LogP contribution in [0.3, 0.4) is 0 Å². The summed E-state index contributed by atoms with van der Waals surface area (Å²) in [7, 11) is 0. The average Bonchev–Trinajstić information content (AvgIpc) is 3.08. The molecule has 3 aromatic heterocycles. The molecule has 11 heteroatoms. The third-order valence-corrected chi connectivity index (χ3v) is 4.52. The third kappa shape index (κ3) is 3.82. The van der Waals surface area contributed by atoms with Gasteiger partial charge in [0.05, 0.1) is 6.04 Å². The van der Waals surface area contributed by atoms with Gasteiger partial charge in [0.25, 0.3) is 0 Å². The third-order valence-electron chi connectivity index (χ3n) is 4.52. The van der Waals surface area contributed by atoms with E-state index in [0.717, 1.165) is 5.56 Å². The number of ether oxygens (including phenoxy) is 1. The van der Waals surface area contributed by atoms with E-state index in [2.05, 4.69) is 25.4 Å². The van der Waals surface area contributed by atoms with Crippen LogP contribution in [0.15, 0.2) is 36.8 Å². The van der Waals surface area contributed by atoms with Crippen LogP contribution in [-0.4, -0.2) is 34.8 Å². The number of aromatic nitrogens is 5. The predicted molar refractivity (Wildman–Crippen MR) is 111 cm³/mol. The first kappa shape index (κ1) is 19.7. The highest BCUT2D eigenvalue weighted by Crippen LogP contribution is 2.32. The van der Waals surface area contributed by atoms with Gasteiger partial charge in [0.15, 0.2) is 5.82 Å². The molecule has 4 rings (SSSR count). The Kier molecular flexibility index (Phi) is 4.88. The van der Waals surface area contributed by atoms with Crippen LogP contribution >= 0.6 is 0 Å². The van der Waals surface area contributed by atoms with Gasteiger partial charge in [-0.3, -0.25) is 0 Å². The number of hydrogen-bond donors (Lipinski definition) is 4. The molecule has 1 atom stereocenters. The van der Waals surface area contributed by atoms with Crippen LogP contribution in [0.1, 0.15) is 29.9 Å². The van der Waals surface area contributed by atoms with Gasteiger partial charge in [-0.1, -0.05) is 0 Å². The number of hydrogen-bond acceptors (Lipinski definition) is 10. The lowest BCUT2D eigenvalue weighted by Crippen LogP contribution is -2.16. The average molecular weight is 418 g/mol. The summed E-state index contributed by atoms with van der Waals surface area (Å²) in [5, 5.41) is 36.4. The van der Waals surface area contributed by atoms with Crippen molar-refractivity contribution in [2.45, 2.75) is 19.9 Å². The van der Waals surface area contributed by atoms with E-state index in [1.165, 1.54) is 24.5 Å². The van der Waals surface area contributed by atoms with Crippen LogP contribution < -0.4 is 15.8 Å². The molecule has 0 spiro atoms. The Morgan fingerprint density at radius 3 is 2.68 bits per heavy atom. The maximum Gasteiger partial charge on any atom is 0.247 e. The van der Waals surface area contributed by atoms with Crippen molar-refractivity contribution in [2.24, 2.45) is 0 Å². The zero-order valence-corrected chi connectivity index (χ0v) is 16.6. The van der Waals surface area contributed by atoms with E-state index >= 15 is 0 Å². The standard InChI is InChI=1S/C20H18N8O3/c1-10-3-4-28-16(10)20(31-14-6-12(29)5-13(30)7-14)26-18(27-28)11(2)25-19-15(8-21)17(22)23-9-24-19/h3-7,9,11,29-30H,1-2H3,(H3,22,23,24,25). The lowest BCUT2D eigenvalue weighted by atomic mass is 10.2. The Morgan fingerprint density at radius 2 is 1.97 bits per heavy atom. The molecule has 0 saturated carbocycles. The maximum absolute atomic E-state index is 9.74. The summed E-state index contributed by atoms with van der Waals surface area (Å²) in [6, 6.07) is 7.28. The summed E-state index contributed by atoms with van der Waals surface area (Å²) in [6.45, 7) is 3.68. The number of aryl methyl sites for hydroxylation is 1. The minimum absolute atomic E-state index is 0.0670. The van der Waals surface area contributed by atoms with Gasteiger partial charge >= 0.3 is 0 Å². The fourth-order valence-electron chi connectivity index (χ4n) is 3.04. The molecule has 0 fully saturated rings. The SMILES string of the molecule is Cc1ccn2nc(C(C)Nc3ncnc(N)c3C#N)nc(Oc3cc(O)cc(O)c3)c12. The minimum atomic E-state index is -0.478. The maximum atomic E-state index is 9.74. The van der Waals surface area contributed by atoms with Crippen LogP contribution in [-0.2, 0) is 0 Å². The summed E-state index contributed by atoms with van der Waals surface area (Å²) < 4.78 is 7.50.